The van der Waals surface area contributed by atoms with Crippen molar-refractivity contribution in [1.82, 2.24) is 5.32 Å². The minimum absolute atomic E-state index is 0.209. The number of carbonyl (C=O) groups excluding carboxylic acids is 2. The average molecular weight is 455 g/mol. The number of hydrogen-bond acceptors (Lipinski definition) is 4. The van der Waals surface area contributed by atoms with E-state index in [1.54, 1.807) is 31.4 Å². The van der Waals surface area contributed by atoms with Gasteiger partial charge in [0.1, 0.15) is 11.5 Å². The quantitative estimate of drug-likeness (QED) is 0.388. The number of rotatable bonds is 8. The van der Waals surface area contributed by atoms with Crippen molar-refractivity contribution >= 4 is 28.3 Å². The fourth-order valence-electron chi connectivity index (χ4n) is 3.55. The van der Waals surface area contributed by atoms with Crippen LogP contribution in [-0.4, -0.2) is 25.5 Å². The zero-order valence-corrected chi connectivity index (χ0v) is 19.1. The minimum Gasteiger partial charge on any atom is -0.495 e. The number of methoxy groups -OCH3 is 1. The second-order valence-corrected chi connectivity index (χ2v) is 7.90. The van der Waals surface area contributed by atoms with Gasteiger partial charge in [-0.25, -0.2) is 0 Å². The van der Waals surface area contributed by atoms with Crippen LogP contribution < -0.4 is 20.1 Å². The second-order valence-electron chi connectivity index (χ2n) is 7.90. The molecule has 0 aromatic heterocycles. The number of ether oxygens (including phenoxy) is 2. The second kappa shape index (κ2) is 10.5. The number of nitrogens with one attached hydrogen (secondary N) is 2. The van der Waals surface area contributed by atoms with E-state index in [0.29, 0.717) is 29.3 Å². The summed E-state index contributed by atoms with van der Waals surface area (Å²) in [5, 5.41) is 7.53. The van der Waals surface area contributed by atoms with Crippen LogP contribution in [0.5, 0.6) is 11.5 Å². The normalized spacial score (nSPS) is 10.5. The van der Waals surface area contributed by atoms with Gasteiger partial charge in [0.05, 0.1) is 18.4 Å². The molecule has 6 heteroatoms. The van der Waals surface area contributed by atoms with Gasteiger partial charge in [0.15, 0.2) is 6.61 Å². The molecule has 2 N–H and O–H groups in total. The molecule has 172 valence electrons. The van der Waals surface area contributed by atoms with Crippen LogP contribution >= 0.6 is 0 Å². The summed E-state index contributed by atoms with van der Waals surface area (Å²) in [4.78, 5) is 25.6. The maximum Gasteiger partial charge on any atom is 0.259 e. The molecule has 0 atom stereocenters. The van der Waals surface area contributed by atoms with E-state index < -0.39 is 0 Å². The summed E-state index contributed by atoms with van der Waals surface area (Å²) in [7, 11) is 1.55. The van der Waals surface area contributed by atoms with E-state index in [4.69, 9.17) is 9.47 Å². The monoisotopic (exact) mass is 454 g/mol. The van der Waals surface area contributed by atoms with E-state index in [-0.39, 0.29) is 18.4 Å². The summed E-state index contributed by atoms with van der Waals surface area (Å²) in [6, 6.07) is 26.3. The number of para-hydroxylation sites is 2. The highest BCUT2D eigenvalue weighted by molar-refractivity contribution is 6.09. The van der Waals surface area contributed by atoms with E-state index >= 15 is 0 Å². The van der Waals surface area contributed by atoms with Crippen LogP contribution in [0.4, 0.5) is 5.69 Å². The Morgan fingerprint density at radius 3 is 2.24 bits per heavy atom. The Bertz CT molecular complexity index is 1320. The van der Waals surface area contributed by atoms with Crippen LogP contribution in [0.2, 0.25) is 0 Å². The molecule has 4 aromatic carbocycles. The zero-order valence-electron chi connectivity index (χ0n) is 19.1. The number of anilines is 1. The summed E-state index contributed by atoms with van der Waals surface area (Å²) in [5.41, 5.74) is 3.04. The molecule has 0 saturated heterocycles. The van der Waals surface area contributed by atoms with E-state index in [2.05, 4.69) is 10.6 Å². The minimum atomic E-state index is -0.356. The van der Waals surface area contributed by atoms with Crippen molar-refractivity contribution in [2.75, 3.05) is 19.0 Å². The van der Waals surface area contributed by atoms with Crippen molar-refractivity contribution in [3.8, 4) is 11.5 Å². The molecule has 0 unspecified atom stereocenters. The Labute approximate surface area is 198 Å². The van der Waals surface area contributed by atoms with E-state index in [1.165, 1.54) is 0 Å². The lowest BCUT2D eigenvalue weighted by Gasteiger charge is -2.15. The van der Waals surface area contributed by atoms with Gasteiger partial charge in [-0.2, -0.15) is 0 Å². The van der Waals surface area contributed by atoms with Crippen LogP contribution in [-0.2, 0) is 11.3 Å². The molecule has 4 rings (SSSR count). The van der Waals surface area contributed by atoms with Gasteiger partial charge < -0.3 is 20.1 Å². The number of benzene rings is 4. The lowest BCUT2D eigenvalue weighted by molar-refractivity contribution is -0.123. The zero-order chi connectivity index (χ0) is 23.9. The molecule has 0 spiro atoms. The topological polar surface area (TPSA) is 76.7 Å². The van der Waals surface area contributed by atoms with Gasteiger partial charge in [-0.3, -0.25) is 9.59 Å². The molecule has 0 saturated carbocycles. The fraction of sp³-hybridized carbons (Fsp3) is 0.143. The summed E-state index contributed by atoms with van der Waals surface area (Å²) < 4.78 is 11.2. The van der Waals surface area contributed by atoms with Crippen LogP contribution in [0.1, 0.15) is 21.5 Å². The first-order chi connectivity index (χ1) is 16.5. The molecule has 34 heavy (non-hydrogen) atoms. The maximum absolute atomic E-state index is 13.2. The molecule has 0 fully saturated rings. The van der Waals surface area contributed by atoms with Crippen molar-refractivity contribution in [3.63, 3.8) is 0 Å². The molecule has 0 radical (unpaired) electrons. The Morgan fingerprint density at radius 2 is 1.50 bits per heavy atom. The number of carbonyl (C=O) groups is 2. The van der Waals surface area contributed by atoms with Gasteiger partial charge in [0, 0.05) is 6.54 Å². The number of amides is 2. The first kappa shape index (κ1) is 22.9. The van der Waals surface area contributed by atoms with E-state index in [1.807, 2.05) is 67.6 Å². The Morgan fingerprint density at radius 1 is 0.824 bits per heavy atom. The lowest BCUT2D eigenvalue weighted by atomic mass is 10.1. The highest BCUT2D eigenvalue weighted by atomic mass is 16.5. The molecular weight excluding hydrogens is 428 g/mol. The van der Waals surface area contributed by atoms with Gasteiger partial charge in [-0.15, -0.1) is 0 Å². The molecule has 0 aliphatic rings. The lowest BCUT2D eigenvalue weighted by Crippen LogP contribution is -2.28. The number of aryl methyl sites for hydroxylation is 1. The fourth-order valence-corrected chi connectivity index (χ4v) is 3.55. The van der Waals surface area contributed by atoms with Crippen LogP contribution in [0.15, 0.2) is 84.9 Å². The van der Waals surface area contributed by atoms with Gasteiger partial charge >= 0.3 is 0 Å². The summed E-state index contributed by atoms with van der Waals surface area (Å²) in [5.74, 6) is 0.251. The largest absolute Gasteiger partial charge is 0.495 e. The van der Waals surface area contributed by atoms with Crippen molar-refractivity contribution in [3.05, 3.63) is 102 Å². The summed E-state index contributed by atoms with van der Waals surface area (Å²) in [6.45, 7) is 2.21. The molecule has 0 aliphatic heterocycles. The van der Waals surface area contributed by atoms with Crippen molar-refractivity contribution in [2.45, 2.75) is 13.5 Å². The molecular formula is C28H26N2O4. The Hall–Kier alpha value is -4.32. The standard InChI is InChI=1S/C28H26N2O4/c1-19-11-13-20(14-12-19)17-29-27(31)18-34-26-16-22-8-4-3-7-21(22)15-23(26)28(32)30-24-9-5-6-10-25(24)33-2/h3-16H,17-18H2,1-2H3,(H,29,31)(H,30,32). The van der Waals surface area contributed by atoms with Crippen LogP contribution in [0, 0.1) is 6.92 Å². The third kappa shape index (κ3) is 5.53. The first-order valence-electron chi connectivity index (χ1n) is 11.0. The molecule has 4 aromatic rings. The Kier molecular flexibility index (Phi) is 7.08. The molecule has 0 aliphatic carbocycles. The number of hydrogen-bond donors (Lipinski definition) is 2. The third-order valence-corrected chi connectivity index (χ3v) is 5.42. The van der Waals surface area contributed by atoms with Crippen molar-refractivity contribution < 1.29 is 19.1 Å². The highest BCUT2D eigenvalue weighted by Crippen LogP contribution is 2.29. The van der Waals surface area contributed by atoms with Crippen LogP contribution in [0.3, 0.4) is 0 Å². The predicted molar refractivity (Wildman–Crippen MR) is 133 cm³/mol. The van der Waals surface area contributed by atoms with Gasteiger partial charge in [0.25, 0.3) is 11.8 Å². The third-order valence-electron chi connectivity index (χ3n) is 5.42. The van der Waals surface area contributed by atoms with Crippen LogP contribution in [0.25, 0.3) is 10.8 Å². The van der Waals surface area contributed by atoms with Gasteiger partial charge in [-0.1, -0.05) is 66.2 Å². The molecule has 0 heterocycles. The van der Waals surface area contributed by atoms with E-state index in [9.17, 15) is 9.59 Å². The SMILES string of the molecule is COc1ccccc1NC(=O)c1cc2ccccc2cc1OCC(=O)NCc1ccc(C)cc1. The van der Waals surface area contributed by atoms with Crippen molar-refractivity contribution in [1.29, 1.82) is 0 Å². The Balaban J connectivity index is 1.51. The summed E-state index contributed by atoms with van der Waals surface area (Å²) >= 11 is 0. The van der Waals surface area contributed by atoms with E-state index in [0.717, 1.165) is 21.9 Å². The molecule has 2 amide bonds. The predicted octanol–water partition coefficient (Wildman–Crippen LogP) is 5.10. The molecule has 0 bridgehead atoms. The van der Waals surface area contributed by atoms with Crippen molar-refractivity contribution in [2.24, 2.45) is 0 Å². The maximum atomic E-state index is 13.2. The van der Waals surface area contributed by atoms with Gasteiger partial charge in [-0.05, 0) is 47.5 Å². The molecule has 6 nitrogen and oxygen atoms in total. The van der Waals surface area contributed by atoms with Gasteiger partial charge in [0.2, 0.25) is 0 Å². The smallest absolute Gasteiger partial charge is 0.259 e. The number of fused-ring (bicyclic) bond motifs is 1. The summed E-state index contributed by atoms with van der Waals surface area (Å²) in [6.07, 6.45) is 0. The highest BCUT2D eigenvalue weighted by Gasteiger charge is 2.17. The first-order valence-corrected chi connectivity index (χ1v) is 11.0. The average Bonchev–Trinajstić information content (AvgIpc) is 2.86.